The standard InChI is InChI=1S/C24H23ClN2O4S/c1-26-19-14-17(22(28)27-10-8-24(9-11-27)30-12-13-31-24)6-7-20(19)32-21(23(26)29)15-16-4-2-3-5-18(16)25/h2-7,14-15H,8-13H2,1H3. The van der Waals surface area contributed by atoms with Gasteiger partial charge in [-0.1, -0.05) is 41.6 Å². The van der Waals surface area contributed by atoms with Crippen LogP contribution in [0.1, 0.15) is 28.8 Å². The van der Waals surface area contributed by atoms with Crippen molar-refractivity contribution in [1.82, 2.24) is 4.90 Å². The number of anilines is 1. The smallest absolute Gasteiger partial charge is 0.264 e. The van der Waals surface area contributed by atoms with E-state index in [0.29, 0.717) is 54.6 Å². The first-order valence-corrected chi connectivity index (χ1v) is 11.8. The average molecular weight is 471 g/mol. The van der Waals surface area contributed by atoms with E-state index in [1.54, 1.807) is 18.0 Å². The lowest BCUT2D eigenvalue weighted by atomic mass is 10.0. The molecule has 2 fully saturated rings. The molecule has 6 nitrogen and oxygen atoms in total. The molecular formula is C24H23ClN2O4S. The van der Waals surface area contributed by atoms with Gasteiger partial charge in [-0.3, -0.25) is 9.59 Å². The molecular weight excluding hydrogens is 448 g/mol. The summed E-state index contributed by atoms with van der Waals surface area (Å²) < 4.78 is 11.5. The molecule has 0 aliphatic carbocycles. The third kappa shape index (κ3) is 3.94. The fourth-order valence-corrected chi connectivity index (χ4v) is 5.55. The molecule has 0 N–H and O–H groups in total. The molecule has 2 aromatic carbocycles. The largest absolute Gasteiger partial charge is 0.347 e. The Morgan fingerprint density at radius 1 is 1.12 bits per heavy atom. The van der Waals surface area contributed by atoms with E-state index in [9.17, 15) is 9.59 Å². The number of nitrogens with zero attached hydrogens (tertiary/aromatic N) is 2. The molecule has 2 saturated heterocycles. The number of likely N-dealkylation sites (N-methyl/N-ethyl adjacent to an activating group) is 1. The van der Waals surface area contributed by atoms with Crippen LogP contribution in [0.5, 0.6) is 0 Å². The zero-order chi connectivity index (χ0) is 22.3. The Hall–Kier alpha value is -2.32. The van der Waals surface area contributed by atoms with Gasteiger partial charge in [0.05, 0.1) is 23.8 Å². The van der Waals surface area contributed by atoms with Gasteiger partial charge in [-0.15, -0.1) is 0 Å². The molecule has 0 atom stereocenters. The number of rotatable bonds is 2. The van der Waals surface area contributed by atoms with Crippen molar-refractivity contribution in [2.45, 2.75) is 23.5 Å². The van der Waals surface area contributed by atoms with E-state index in [0.717, 1.165) is 16.1 Å². The summed E-state index contributed by atoms with van der Waals surface area (Å²) in [5.74, 6) is -0.674. The lowest BCUT2D eigenvalue weighted by Gasteiger charge is -2.37. The van der Waals surface area contributed by atoms with Crippen molar-refractivity contribution >= 4 is 46.9 Å². The number of benzene rings is 2. The second-order valence-corrected chi connectivity index (χ2v) is 9.57. The van der Waals surface area contributed by atoms with Crippen LogP contribution in [-0.4, -0.2) is 55.9 Å². The Labute approximate surface area is 196 Å². The second-order valence-electron chi connectivity index (χ2n) is 8.08. The summed E-state index contributed by atoms with van der Waals surface area (Å²) in [6.07, 6.45) is 3.16. The molecule has 32 heavy (non-hydrogen) atoms. The Morgan fingerprint density at radius 3 is 2.56 bits per heavy atom. The van der Waals surface area contributed by atoms with Crippen LogP contribution in [0.3, 0.4) is 0 Å². The molecule has 5 rings (SSSR count). The van der Waals surface area contributed by atoms with Crippen molar-refractivity contribution in [3.8, 4) is 0 Å². The second kappa shape index (κ2) is 8.56. The number of fused-ring (bicyclic) bond motifs is 1. The Kier molecular flexibility index (Phi) is 5.75. The number of thioether (sulfide) groups is 1. The summed E-state index contributed by atoms with van der Waals surface area (Å²) in [5, 5.41) is 0.597. The number of halogens is 1. The van der Waals surface area contributed by atoms with Gasteiger partial charge in [-0.05, 0) is 35.9 Å². The van der Waals surface area contributed by atoms with Crippen molar-refractivity contribution in [3.05, 3.63) is 63.5 Å². The van der Waals surface area contributed by atoms with Crippen LogP contribution in [0.4, 0.5) is 5.69 Å². The van der Waals surface area contributed by atoms with Crippen LogP contribution in [0.25, 0.3) is 6.08 Å². The van der Waals surface area contributed by atoms with Crippen molar-refractivity contribution < 1.29 is 19.1 Å². The number of piperidine rings is 1. The highest BCUT2D eigenvalue weighted by Crippen LogP contribution is 2.42. The van der Waals surface area contributed by atoms with Crippen molar-refractivity contribution in [1.29, 1.82) is 0 Å². The molecule has 0 bridgehead atoms. The fourth-order valence-electron chi connectivity index (χ4n) is 4.28. The highest BCUT2D eigenvalue weighted by atomic mass is 35.5. The Morgan fingerprint density at radius 2 is 1.84 bits per heavy atom. The summed E-state index contributed by atoms with van der Waals surface area (Å²) in [6.45, 7) is 2.40. The lowest BCUT2D eigenvalue weighted by molar-refractivity contribution is -0.181. The fraction of sp³-hybridized carbons (Fsp3) is 0.333. The summed E-state index contributed by atoms with van der Waals surface area (Å²) in [5.41, 5.74) is 2.11. The van der Waals surface area contributed by atoms with Gasteiger partial charge in [0.1, 0.15) is 0 Å². The molecule has 3 aliphatic heterocycles. The number of carbonyl (C=O) groups is 2. The van der Waals surface area contributed by atoms with Gasteiger partial charge >= 0.3 is 0 Å². The number of hydrogen-bond donors (Lipinski definition) is 0. The number of hydrogen-bond acceptors (Lipinski definition) is 5. The molecule has 3 heterocycles. The maximum atomic E-state index is 13.1. The highest BCUT2D eigenvalue weighted by Gasteiger charge is 2.41. The molecule has 166 valence electrons. The topological polar surface area (TPSA) is 59.1 Å². The summed E-state index contributed by atoms with van der Waals surface area (Å²) >= 11 is 7.65. The molecule has 2 aromatic rings. The minimum absolute atomic E-state index is 0.0381. The van der Waals surface area contributed by atoms with Crippen LogP contribution < -0.4 is 4.90 Å². The van der Waals surface area contributed by atoms with E-state index in [1.807, 2.05) is 47.4 Å². The van der Waals surface area contributed by atoms with Crippen molar-refractivity contribution in [2.75, 3.05) is 38.3 Å². The minimum atomic E-state index is -0.514. The first-order chi connectivity index (χ1) is 15.5. The minimum Gasteiger partial charge on any atom is -0.347 e. The van der Waals surface area contributed by atoms with Crippen LogP contribution in [0.2, 0.25) is 5.02 Å². The van der Waals surface area contributed by atoms with Gasteiger partial charge in [0.25, 0.3) is 11.8 Å². The molecule has 0 radical (unpaired) electrons. The van der Waals surface area contributed by atoms with Gasteiger partial charge in [0, 0.05) is 48.5 Å². The predicted molar refractivity (Wildman–Crippen MR) is 125 cm³/mol. The van der Waals surface area contributed by atoms with Gasteiger partial charge in [-0.2, -0.15) is 0 Å². The molecule has 8 heteroatoms. The van der Waals surface area contributed by atoms with Gasteiger partial charge in [0.2, 0.25) is 0 Å². The number of ether oxygens (including phenoxy) is 2. The van der Waals surface area contributed by atoms with E-state index in [4.69, 9.17) is 21.1 Å². The quantitative estimate of drug-likeness (QED) is 0.608. The Balaban J connectivity index is 1.35. The normalized spacial score (nSPS) is 21.3. The summed E-state index contributed by atoms with van der Waals surface area (Å²) in [4.78, 5) is 31.1. The molecule has 3 aliphatic rings. The van der Waals surface area contributed by atoms with E-state index in [1.165, 1.54) is 11.8 Å². The van der Waals surface area contributed by atoms with E-state index in [2.05, 4.69) is 0 Å². The molecule has 0 saturated carbocycles. The maximum Gasteiger partial charge on any atom is 0.264 e. The van der Waals surface area contributed by atoms with Crippen molar-refractivity contribution in [3.63, 3.8) is 0 Å². The summed E-state index contributed by atoms with van der Waals surface area (Å²) in [7, 11) is 1.73. The SMILES string of the molecule is CN1C(=O)C(=Cc2ccccc2Cl)Sc2ccc(C(=O)N3CCC4(CC3)OCCO4)cc21. The number of amides is 2. The Bertz CT molecular complexity index is 1100. The monoisotopic (exact) mass is 470 g/mol. The third-order valence-electron chi connectivity index (χ3n) is 6.12. The van der Waals surface area contributed by atoms with Crippen LogP contribution in [-0.2, 0) is 14.3 Å². The van der Waals surface area contributed by atoms with E-state index >= 15 is 0 Å². The van der Waals surface area contributed by atoms with Gasteiger partial charge in [-0.25, -0.2) is 0 Å². The number of carbonyl (C=O) groups excluding carboxylic acids is 2. The zero-order valence-corrected chi connectivity index (χ0v) is 19.2. The third-order valence-corrected chi connectivity index (χ3v) is 7.54. The van der Waals surface area contributed by atoms with Crippen LogP contribution in [0.15, 0.2) is 52.3 Å². The first kappa shape index (κ1) is 21.5. The molecule has 0 aromatic heterocycles. The highest BCUT2D eigenvalue weighted by molar-refractivity contribution is 8.04. The maximum absolute atomic E-state index is 13.1. The number of likely N-dealkylation sites (tertiary alicyclic amines) is 1. The zero-order valence-electron chi connectivity index (χ0n) is 17.7. The molecule has 0 unspecified atom stereocenters. The van der Waals surface area contributed by atoms with E-state index < -0.39 is 5.79 Å². The van der Waals surface area contributed by atoms with Crippen LogP contribution in [0, 0.1) is 0 Å². The van der Waals surface area contributed by atoms with Crippen molar-refractivity contribution in [2.24, 2.45) is 0 Å². The predicted octanol–water partition coefficient (Wildman–Crippen LogP) is 4.43. The van der Waals surface area contributed by atoms with Gasteiger partial charge < -0.3 is 19.3 Å². The lowest BCUT2D eigenvalue weighted by Crippen LogP contribution is -2.47. The van der Waals surface area contributed by atoms with Gasteiger partial charge in [0.15, 0.2) is 5.79 Å². The van der Waals surface area contributed by atoms with E-state index in [-0.39, 0.29) is 11.8 Å². The summed E-state index contributed by atoms with van der Waals surface area (Å²) in [6, 6.07) is 13.0. The molecule has 1 spiro atoms. The average Bonchev–Trinajstić information content (AvgIpc) is 3.26. The molecule has 2 amide bonds. The van der Waals surface area contributed by atoms with Crippen LogP contribution >= 0.6 is 23.4 Å². The first-order valence-electron chi connectivity index (χ1n) is 10.6.